The van der Waals surface area contributed by atoms with E-state index in [1.165, 1.54) is 81.7 Å². The van der Waals surface area contributed by atoms with Crippen molar-refractivity contribution in [2.75, 3.05) is 13.2 Å². The van der Waals surface area contributed by atoms with Gasteiger partial charge in [-0.2, -0.15) is 0 Å². The predicted octanol–water partition coefficient (Wildman–Crippen LogP) is 12.1. The Hall–Kier alpha value is -5.02. The van der Waals surface area contributed by atoms with Gasteiger partial charge < -0.3 is 9.47 Å². The van der Waals surface area contributed by atoms with Gasteiger partial charge in [-0.1, -0.05) is 133 Å². The standard InChI is InChI=1S/C45H38O2/c1-3-46-43(47-4-2)28-27-34-32-18-9-8-17-31(32)29-42-33-23-14-24-37(35(33)25-26-36(34)42)45-40-21-12-10-19-38(40)44(30-15-6-5-7-16-30)39-20-11-13-22-41(39)45/h5-26,29,43H,3-4,27-28H2,1-2H3. The van der Waals surface area contributed by atoms with Crippen LogP contribution in [-0.4, -0.2) is 19.5 Å². The highest BCUT2D eigenvalue weighted by Crippen LogP contribution is 2.46. The summed E-state index contributed by atoms with van der Waals surface area (Å²) in [5, 5.41) is 12.8. The molecule has 0 atom stereocenters. The Bertz CT molecular complexity index is 2330. The van der Waals surface area contributed by atoms with E-state index in [4.69, 9.17) is 9.47 Å². The number of ether oxygens (including phenoxy) is 2. The van der Waals surface area contributed by atoms with Crippen molar-refractivity contribution in [1.29, 1.82) is 0 Å². The van der Waals surface area contributed by atoms with Gasteiger partial charge in [0.25, 0.3) is 0 Å². The first kappa shape index (κ1) is 29.4. The molecule has 0 spiro atoms. The second kappa shape index (κ2) is 12.6. The van der Waals surface area contributed by atoms with Crippen molar-refractivity contribution in [3.05, 3.63) is 145 Å². The molecule has 0 heterocycles. The van der Waals surface area contributed by atoms with Gasteiger partial charge in [-0.05, 0) is 108 Å². The number of fused-ring (bicyclic) bond motifs is 6. The molecule has 8 aromatic carbocycles. The summed E-state index contributed by atoms with van der Waals surface area (Å²) in [4.78, 5) is 0. The van der Waals surface area contributed by atoms with Crippen LogP contribution >= 0.6 is 0 Å². The first-order valence-electron chi connectivity index (χ1n) is 16.8. The highest BCUT2D eigenvalue weighted by Gasteiger charge is 2.19. The van der Waals surface area contributed by atoms with Crippen LogP contribution in [0.25, 0.3) is 76.1 Å². The topological polar surface area (TPSA) is 18.5 Å². The maximum atomic E-state index is 5.95. The summed E-state index contributed by atoms with van der Waals surface area (Å²) >= 11 is 0. The molecule has 0 fully saturated rings. The molecule has 230 valence electrons. The van der Waals surface area contributed by atoms with Gasteiger partial charge in [-0.15, -0.1) is 0 Å². The largest absolute Gasteiger partial charge is 0.353 e. The zero-order valence-electron chi connectivity index (χ0n) is 27.0. The van der Waals surface area contributed by atoms with Crippen LogP contribution in [0.3, 0.4) is 0 Å². The van der Waals surface area contributed by atoms with Crippen LogP contribution in [0.1, 0.15) is 25.8 Å². The summed E-state index contributed by atoms with van der Waals surface area (Å²) in [7, 11) is 0. The molecule has 0 saturated heterocycles. The van der Waals surface area contributed by atoms with Crippen molar-refractivity contribution in [2.45, 2.75) is 33.0 Å². The minimum absolute atomic E-state index is 0.202. The van der Waals surface area contributed by atoms with E-state index in [2.05, 4.69) is 140 Å². The highest BCUT2D eigenvalue weighted by molar-refractivity contribution is 6.25. The molecule has 0 aliphatic heterocycles. The lowest BCUT2D eigenvalue weighted by Crippen LogP contribution is -2.18. The first-order chi connectivity index (χ1) is 23.3. The quantitative estimate of drug-likeness (QED) is 0.0919. The Morgan fingerprint density at radius 3 is 1.66 bits per heavy atom. The van der Waals surface area contributed by atoms with E-state index < -0.39 is 0 Å². The third-order valence-electron chi connectivity index (χ3n) is 9.61. The average Bonchev–Trinajstić information content (AvgIpc) is 3.12. The highest BCUT2D eigenvalue weighted by atomic mass is 16.7. The fourth-order valence-corrected chi connectivity index (χ4v) is 7.67. The lowest BCUT2D eigenvalue weighted by Gasteiger charge is -2.20. The van der Waals surface area contributed by atoms with Crippen molar-refractivity contribution >= 4 is 53.9 Å². The van der Waals surface area contributed by atoms with Gasteiger partial charge in [0.05, 0.1) is 0 Å². The first-order valence-corrected chi connectivity index (χ1v) is 16.8. The van der Waals surface area contributed by atoms with E-state index >= 15 is 0 Å². The minimum Gasteiger partial charge on any atom is -0.353 e. The number of benzene rings is 8. The molecular weight excluding hydrogens is 572 g/mol. The Morgan fingerprint density at radius 1 is 0.447 bits per heavy atom. The molecule has 0 aliphatic carbocycles. The normalized spacial score (nSPS) is 11.9. The summed E-state index contributed by atoms with van der Waals surface area (Å²) in [5.41, 5.74) is 6.44. The molecule has 8 aromatic rings. The van der Waals surface area contributed by atoms with E-state index in [9.17, 15) is 0 Å². The van der Waals surface area contributed by atoms with Crippen molar-refractivity contribution in [1.82, 2.24) is 0 Å². The fraction of sp³-hybridized carbons (Fsp3) is 0.156. The Labute approximate surface area is 276 Å². The molecule has 0 N–H and O–H groups in total. The zero-order valence-corrected chi connectivity index (χ0v) is 27.0. The van der Waals surface area contributed by atoms with Crippen LogP contribution in [0.15, 0.2) is 140 Å². The van der Waals surface area contributed by atoms with Crippen LogP contribution < -0.4 is 0 Å². The second-order valence-electron chi connectivity index (χ2n) is 12.2. The molecule has 0 bridgehead atoms. The molecule has 0 aromatic heterocycles. The van der Waals surface area contributed by atoms with Crippen LogP contribution in [-0.2, 0) is 15.9 Å². The molecule has 0 radical (unpaired) electrons. The fourth-order valence-electron chi connectivity index (χ4n) is 7.67. The van der Waals surface area contributed by atoms with Crippen LogP contribution in [0, 0.1) is 0 Å². The lowest BCUT2D eigenvalue weighted by molar-refractivity contribution is -0.139. The molecule has 47 heavy (non-hydrogen) atoms. The molecule has 0 unspecified atom stereocenters. The van der Waals surface area contributed by atoms with Crippen molar-refractivity contribution in [3.8, 4) is 22.3 Å². The van der Waals surface area contributed by atoms with Gasteiger partial charge in [0, 0.05) is 19.6 Å². The van der Waals surface area contributed by atoms with Gasteiger partial charge in [0.2, 0.25) is 0 Å². The van der Waals surface area contributed by atoms with E-state index in [0.29, 0.717) is 13.2 Å². The number of rotatable bonds is 9. The zero-order chi connectivity index (χ0) is 31.7. The molecular formula is C45H38O2. The van der Waals surface area contributed by atoms with Crippen LogP contribution in [0.4, 0.5) is 0 Å². The van der Waals surface area contributed by atoms with E-state index in [1.807, 2.05) is 13.8 Å². The SMILES string of the molecule is CCOC(CCc1c2ccccc2cc2c1ccc1c(-c3c4ccccc4c(-c4ccccc4)c4ccccc34)cccc12)OCC. The van der Waals surface area contributed by atoms with Gasteiger partial charge in [0.15, 0.2) is 6.29 Å². The Balaban J connectivity index is 1.39. The monoisotopic (exact) mass is 610 g/mol. The minimum atomic E-state index is -0.202. The number of hydrogen-bond acceptors (Lipinski definition) is 2. The smallest absolute Gasteiger partial charge is 0.157 e. The maximum Gasteiger partial charge on any atom is 0.157 e. The summed E-state index contributed by atoms with van der Waals surface area (Å²) in [5.74, 6) is 0. The van der Waals surface area contributed by atoms with Crippen molar-refractivity contribution < 1.29 is 9.47 Å². The summed E-state index contributed by atoms with van der Waals surface area (Å²) < 4.78 is 11.9. The summed E-state index contributed by atoms with van der Waals surface area (Å²) in [6, 6.07) is 51.4. The van der Waals surface area contributed by atoms with Gasteiger partial charge >= 0.3 is 0 Å². The summed E-state index contributed by atoms with van der Waals surface area (Å²) in [6.45, 7) is 5.35. The van der Waals surface area contributed by atoms with Crippen molar-refractivity contribution in [3.63, 3.8) is 0 Å². The molecule has 2 nitrogen and oxygen atoms in total. The number of aryl methyl sites for hydroxylation is 1. The van der Waals surface area contributed by atoms with E-state index in [-0.39, 0.29) is 6.29 Å². The van der Waals surface area contributed by atoms with Crippen LogP contribution in [0.5, 0.6) is 0 Å². The average molecular weight is 611 g/mol. The third kappa shape index (κ3) is 5.15. The maximum absolute atomic E-state index is 5.95. The molecule has 0 aliphatic rings. The Kier molecular flexibility index (Phi) is 7.90. The molecule has 0 saturated carbocycles. The van der Waals surface area contributed by atoms with E-state index in [1.54, 1.807) is 0 Å². The van der Waals surface area contributed by atoms with E-state index in [0.717, 1.165) is 12.8 Å². The lowest BCUT2D eigenvalue weighted by atomic mass is 9.84. The third-order valence-corrected chi connectivity index (χ3v) is 9.61. The Morgan fingerprint density at radius 2 is 1.00 bits per heavy atom. The molecule has 2 heteroatoms. The van der Waals surface area contributed by atoms with Crippen molar-refractivity contribution in [2.24, 2.45) is 0 Å². The van der Waals surface area contributed by atoms with Gasteiger partial charge in [0.1, 0.15) is 0 Å². The second-order valence-corrected chi connectivity index (χ2v) is 12.2. The van der Waals surface area contributed by atoms with Gasteiger partial charge in [-0.3, -0.25) is 0 Å². The summed E-state index contributed by atoms with van der Waals surface area (Å²) in [6.07, 6.45) is 1.49. The molecule has 0 amide bonds. The predicted molar refractivity (Wildman–Crippen MR) is 200 cm³/mol. The molecule has 8 rings (SSSR count). The number of hydrogen-bond donors (Lipinski definition) is 0. The van der Waals surface area contributed by atoms with Gasteiger partial charge in [-0.25, -0.2) is 0 Å². The van der Waals surface area contributed by atoms with Crippen LogP contribution in [0.2, 0.25) is 0 Å².